The SMILES string of the molecule is CCOC(=O)c1cccc(OCc2cccc(Cl)c2)c1. The van der Waals surface area contributed by atoms with Gasteiger partial charge in [0, 0.05) is 5.02 Å². The van der Waals surface area contributed by atoms with Crippen LogP contribution in [0.3, 0.4) is 0 Å². The minimum absolute atomic E-state index is 0.347. The van der Waals surface area contributed by atoms with E-state index in [1.807, 2.05) is 24.3 Å². The summed E-state index contributed by atoms with van der Waals surface area (Å²) in [5, 5.41) is 0.673. The Hall–Kier alpha value is -2.00. The van der Waals surface area contributed by atoms with Crippen LogP contribution in [0.5, 0.6) is 5.75 Å². The highest BCUT2D eigenvalue weighted by atomic mass is 35.5. The van der Waals surface area contributed by atoms with Crippen LogP contribution in [-0.4, -0.2) is 12.6 Å². The quantitative estimate of drug-likeness (QED) is 0.778. The summed E-state index contributed by atoms with van der Waals surface area (Å²) in [5.41, 5.74) is 1.45. The van der Waals surface area contributed by atoms with Crippen molar-refractivity contribution in [2.24, 2.45) is 0 Å². The molecule has 0 spiro atoms. The third kappa shape index (κ3) is 4.00. The molecule has 0 atom stereocenters. The Morgan fingerprint density at radius 2 is 1.95 bits per heavy atom. The van der Waals surface area contributed by atoms with Crippen molar-refractivity contribution in [3.63, 3.8) is 0 Å². The summed E-state index contributed by atoms with van der Waals surface area (Å²) in [6.07, 6.45) is 0. The number of rotatable bonds is 5. The van der Waals surface area contributed by atoms with E-state index >= 15 is 0 Å². The Kier molecular flexibility index (Phi) is 5.02. The van der Waals surface area contributed by atoms with Crippen LogP contribution >= 0.6 is 11.6 Å². The third-order valence-corrected chi connectivity index (χ3v) is 2.87. The van der Waals surface area contributed by atoms with Gasteiger partial charge in [0.1, 0.15) is 12.4 Å². The van der Waals surface area contributed by atoms with E-state index in [0.717, 1.165) is 5.56 Å². The van der Waals surface area contributed by atoms with Crippen LogP contribution in [0.15, 0.2) is 48.5 Å². The van der Waals surface area contributed by atoms with E-state index in [1.54, 1.807) is 31.2 Å². The fourth-order valence-electron chi connectivity index (χ4n) is 1.72. The van der Waals surface area contributed by atoms with Crippen LogP contribution in [0.4, 0.5) is 0 Å². The molecule has 0 aromatic heterocycles. The zero-order valence-corrected chi connectivity index (χ0v) is 11.9. The van der Waals surface area contributed by atoms with Crippen LogP contribution < -0.4 is 4.74 Å². The lowest BCUT2D eigenvalue weighted by atomic mass is 10.2. The number of hydrogen-bond acceptors (Lipinski definition) is 3. The molecule has 2 aromatic carbocycles. The maximum Gasteiger partial charge on any atom is 0.338 e. The zero-order valence-electron chi connectivity index (χ0n) is 11.1. The van der Waals surface area contributed by atoms with E-state index in [2.05, 4.69) is 0 Å². The van der Waals surface area contributed by atoms with Crippen molar-refractivity contribution in [1.29, 1.82) is 0 Å². The van der Waals surface area contributed by atoms with E-state index in [-0.39, 0.29) is 5.97 Å². The predicted octanol–water partition coefficient (Wildman–Crippen LogP) is 4.10. The lowest BCUT2D eigenvalue weighted by Gasteiger charge is -2.08. The van der Waals surface area contributed by atoms with Gasteiger partial charge in [0.2, 0.25) is 0 Å². The average molecular weight is 291 g/mol. The standard InChI is InChI=1S/C16H15ClO3/c1-2-19-16(18)13-6-4-8-15(10-13)20-11-12-5-3-7-14(17)9-12/h3-10H,2,11H2,1H3. The van der Waals surface area contributed by atoms with E-state index < -0.39 is 0 Å². The van der Waals surface area contributed by atoms with Crippen molar-refractivity contribution >= 4 is 17.6 Å². The van der Waals surface area contributed by atoms with Crippen molar-refractivity contribution in [3.8, 4) is 5.75 Å². The number of benzene rings is 2. The van der Waals surface area contributed by atoms with Crippen LogP contribution in [0.2, 0.25) is 5.02 Å². The van der Waals surface area contributed by atoms with Crippen LogP contribution in [0.25, 0.3) is 0 Å². The average Bonchev–Trinajstić information content (AvgIpc) is 2.46. The number of halogens is 1. The molecule has 0 unspecified atom stereocenters. The maximum atomic E-state index is 11.6. The Morgan fingerprint density at radius 1 is 1.15 bits per heavy atom. The van der Waals surface area contributed by atoms with Gasteiger partial charge in [0.25, 0.3) is 0 Å². The number of carbonyl (C=O) groups excluding carboxylic acids is 1. The molecule has 0 saturated heterocycles. The highest BCUT2D eigenvalue weighted by Crippen LogP contribution is 2.17. The van der Waals surface area contributed by atoms with Crippen molar-refractivity contribution in [2.45, 2.75) is 13.5 Å². The molecule has 4 heteroatoms. The van der Waals surface area contributed by atoms with Crippen molar-refractivity contribution < 1.29 is 14.3 Å². The summed E-state index contributed by atoms with van der Waals surface area (Å²) >= 11 is 5.91. The summed E-state index contributed by atoms with van der Waals surface area (Å²) < 4.78 is 10.6. The van der Waals surface area contributed by atoms with Gasteiger partial charge in [-0.3, -0.25) is 0 Å². The molecule has 0 bridgehead atoms. The number of esters is 1. The van der Waals surface area contributed by atoms with Gasteiger partial charge in [-0.25, -0.2) is 4.79 Å². The highest BCUT2D eigenvalue weighted by molar-refractivity contribution is 6.30. The molecule has 0 fully saturated rings. The van der Waals surface area contributed by atoms with Crippen LogP contribution in [-0.2, 0) is 11.3 Å². The Bertz CT molecular complexity index is 596. The molecule has 0 N–H and O–H groups in total. The van der Waals surface area contributed by atoms with E-state index in [4.69, 9.17) is 21.1 Å². The fraction of sp³-hybridized carbons (Fsp3) is 0.188. The zero-order chi connectivity index (χ0) is 14.4. The van der Waals surface area contributed by atoms with Crippen molar-refractivity contribution in [1.82, 2.24) is 0 Å². The van der Waals surface area contributed by atoms with Gasteiger partial charge in [0.15, 0.2) is 0 Å². The maximum absolute atomic E-state index is 11.6. The molecular weight excluding hydrogens is 276 g/mol. The second kappa shape index (κ2) is 6.96. The third-order valence-electron chi connectivity index (χ3n) is 2.64. The minimum Gasteiger partial charge on any atom is -0.489 e. The highest BCUT2D eigenvalue weighted by Gasteiger charge is 2.07. The summed E-state index contributed by atoms with van der Waals surface area (Å²) in [7, 11) is 0. The molecule has 0 saturated carbocycles. The molecule has 0 aliphatic carbocycles. The van der Waals surface area contributed by atoms with Gasteiger partial charge in [-0.05, 0) is 42.8 Å². The van der Waals surface area contributed by atoms with Gasteiger partial charge in [0.05, 0.1) is 12.2 Å². The molecule has 104 valence electrons. The first-order valence-corrected chi connectivity index (χ1v) is 6.71. The summed E-state index contributed by atoms with van der Waals surface area (Å²) in [5.74, 6) is 0.274. The first-order chi connectivity index (χ1) is 9.69. The molecule has 0 aliphatic rings. The molecular formula is C16H15ClO3. The summed E-state index contributed by atoms with van der Waals surface area (Å²) in [6, 6.07) is 14.4. The minimum atomic E-state index is -0.347. The van der Waals surface area contributed by atoms with Gasteiger partial charge in [-0.1, -0.05) is 29.8 Å². The van der Waals surface area contributed by atoms with Gasteiger partial charge < -0.3 is 9.47 Å². The van der Waals surface area contributed by atoms with E-state index in [9.17, 15) is 4.79 Å². The molecule has 0 amide bonds. The molecule has 3 nitrogen and oxygen atoms in total. The van der Waals surface area contributed by atoms with Gasteiger partial charge >= 0.3 is 5.97 Å². The molecule has 0 heterocycles. The number of hydrogen-bond donors (Lipinski definition) is 0. The first kappa shape index (κ1) is 14.4. The predicted molar refractivity (Wildman–Crippen MR) is 78.2 cm³/mol. The normalized spacial score (nSPS) is 10.1. The van der Waals surface area contributed by atoms with Crippen molar-refractivity contribution in [2.75, 3.05) is 6.61 Å². The molecule has 2 aromatic rings. The smallest absolute Gasteiger partial charge is 0.338 e. The second-order valence-electron chi connectivity index (χ2n) is 4.17. The van der Waals surface area contributed by atoms with E-state index in [0.29, 0.717) is 29.5 Å². The Balaban J connectivity index is 2.03. The molecule has 0 radical (unpaired) electrons. The number of carbonyl (C=O) groups is 1. The molecule has 2 rings (SSSR count). The monoisotopic (exact) mass is 290 g/mol. The van der Waals surface area contributed by atoms with Gasteiger partial charge in [-0.15, -0.1) is 0 Å². The molecule has 20 heavy (non-hydrogen) atoms. The molecule has 0 aliphatic heterocycles. The van der Waals surface area contributed by atoms with E-state index in [1.165, 1.54) is 0 Å². The summed E-state index contributed by atoms with van der Waals surface area (Å²) in [6.45, 7) is 2.52. The number of ether oxygens (including phenoxy) is 2. The van der Waals surface area contributed by atoms with Crippen molar-refractivity contribution in [3.05, 3.63) is 64.7 Å². The second-order valence-corrected chi connectivity index (χ2v) is 4.60. The largest absolute Gasteiger partial charge is 0.489 e. The van der Waals surface area contributed by atoms with Crippen LogP contribution in [0, 0.1) is 0 Å². The van der Waals surface area contributed by atoms with Gasteiger partial charge in [-0.2, -0.15) is 0 Å². The fourth-order valence-corrected chi connectivity index (χ4v) is 1.93. The lowest BCUT2D eigenvalue weighted by Crippen LogP contribution is -2.05. The summed E-state index contributed by atoms with van der Waals surface area (Å²) in [4.78, 5) is 11.6. The lowest BCUT2D eigenvalue weighted by molar-refractivity contribution is 0.0526. The first-order valence-electron chi connectivity index (χ1n) is 6.33. The Labute approximate surface area is 123 Å². The topological polar surface area (TPSA) is 35.5 Å². The Morgan fingerprint density at radius 3 is 2.70 bits per heavy atom. The van der Waals surface area contributed by atoms with Crippen LogP contribution in [0.1, 0.15) is 22.8 Å².